The smallest absolute Gasteiger partial charge is 0.163 e. The quantitative estimate of drug-likeness (QED) is 0.779. The maximum atomic E-state index is 9.99. The summed E-state index contributed by atoms with van der Waals surface area (Å²) < 4.78 is 10.7. The van der Waals surface area contributed by atoms with Crippen LogP contribution in [0.5, 0.6) is 11.5 Å². The van der Waals surface area contributed by atoms with Crippen LogP contribution in [0.15, 0.2) is 30.4 Å². The first-order valence-electron chi connectivity index (χ1n) is 5.36. The van der Waals surface area contributed by atoms with E-state index in [9.17, 15) is 5.11 Å². The molecule has 3 heteroatoms. The van der Waals surface area contributed by atoms with Gasteiger partial charge >= 0.3 is 0 Å². The predicted molar refractivity (Wildman–Crippen MR) is 61.7 cm³/mol. The van der Waals surface area contributed by atoms with E-state index in [4.69, 9.17) is 9.47 Å². The number of phenols is 1. The van der Waals surface area contributed by atoms with Gasteiger partial charge in [0.25, 0.3) is 0 Å². The van der Waals surface area contributed by atoms with E-state index in [0.717, 1.165) is 18.4 Å². The summed E-state index contributed by atoms with van der Waals surface area (Å²) in [7, 11) is 1.54. The fraction of sp³-hybridized carbons (Fsp3) is 0.385. The SMILES string of the molecule is C=C1CCOC(c2cccc(OC)c2O)C1. The Kier molecular flexibility index (Phi) is 3.15. The number of methoxy groups -OCH3 is 1. The van der Waals surface area contributed by atoms with Crippen molar-refractivity contribution >= 4 is 0 Å². The van der Waals surface area contributed by atoms with Gasteiger partial charge in [-0.3, -0.25) is 0 Å². The highest BCUT2D eigenvalue weighted by Crippen LogP contribution is 2.39. The van der Waals surface area contributed by atoms with Crippen molar-refractivity contribution in [3.05, 3.63) is 35.9 Å². The highest BCUT2D eigenvalue weighted by molar-refractivity contribution is 5.46. The maximum absolute atomic E-state index is 9.99. The van der Waals surface area contributed by atoms with Crippen LogP contribution >= 0.6 is 0 Å². The zero-order valence-corrected chi connectivity index (χ0v) is 9.40. The van der Waals surface area contributed by atoms with E-state index in [0.29, 0.717) is 12.4 Å². The molecule has 1 heterocycles. The van der Waals surface area contributed by atoms with E-state index in [-0.39, 0.29) is 11.9 Å². The summed E-state index contributed by atoms with van der Waals surface area (Å²) in [6.07, 6.45) is 1.57. The van der Waals surface area contributed by atoms with Crippen LogP contribution in [0, 0.1) is 0 Å². The summed E-state index contributed by atoms with van der Waals surface area (Å²) in [4.78, 5) is 0. The second kappa shape index (κ2) is 4.58. The molecule has 86 valence electrons. The molecule has 2 rings (SSSR count). The predicted octanol–water partition coefficient (Wildman–Crippen LogP) is 2.81. The molecule has 0 aliphatic carbocycles. The molecule has 1 atom stereocenters. The van der Waals surface area contributed by atoms with Crippen LogP contribution in [0.2, 0.25) is 0 Å². The number of hydrogen-bond donors (Lipinski definition) is 1. The molecule has 0 bridgehead atoms. The molecule has 0 aromatic heterocycles. The van der Waals surface area contributed by atoms with E-state index in [1.165, 1.54) is 5.57 Å². The third kappa shape index (κ3) is 2.04. The van der Waals surface area contributed by atoms with Gasteiger partial charge in [0, 0.05) is 5.56 Å². The third-order valence-electron chi connectivity index (χ3n) is 2.85. The van der Waals surface area contributed by atoms with Crippen LogP contribution in [-0.4, -0.2) is 18.8 Å². The van der Waals surface area contributed by atoms with Crippen LogP contribution in [-0.2, 0) is 4.74 Å². The van der Waals surface area contributed by atoms with Crippen LogP contribution in [0.1, 0.15) is 24.5 Å². The molecule has 0 saturated carbocycles. The van der Waals surface area contributed by atoms with Crippen molar-refractivity contribution in [3.8, 4) is 11.5 Å². The number of aromatic hydroxyl groups is 1. The molecule has 1 N–H and O–H groups in total. The van der Waals surface area contributed by atoms with Gasteiger partial charge in [0.05, 0.1) is 19.8 Å². The van der Waals surface area contributed by atoms with Gasteiger partial charge in [0.1, 0.15) is 0 Å². The normalized spacial score (nSPS) is 20.8. The second-order valence-electron chi connectivity index (χ2n) is 3.96. The molecule has 1 fully saturated rings. The molecule has 3 nitrogen and oxygen atoms in total. The highest BCUT2D eigenvalue weighted by atomic mass is 16.5. The first kappa shape index (κ1) is 11.0. The summed E-state index contributed by atoms with van der Waals surface area (Å²) >= 11 is 0. The Bertz CT molecular complexity index is 398. The molecule has 16 heavy (non-hydrogen) atoms. The molecule has 1 saturated heterocycles. The molecule has 1 unspecified atom stereocenters. The van der Waals surface area contributed by atoms with Gasteiger partial charge in [-0.05, 0) is 18.9 Å². The zero-order chi connectivity index (χ0) is 11.5. The van der Waals surface area contributed by atoms with Crippen molar-refractivity contribution in [1.29, 1.82) is 0 Å². The Labute approximate surface area is 95.3 Å². The lowest BCUT2D eigenvalue weighted by Crippen LogP contribution is -2.13. The number of rotatable bonds is 2. The molecular weight excluding hydrogens is 204 g/mol. The molecule has 1 aliphatic heterocycles. The number of benzene rings is 1. The maximum Gasteiger partial charge on any atom is 0.163 e. The molecule has 1 aromatic rings. The fourth-order valence-electron chi connectivity index (χ4n) is 1.93. The van der Waals surface area contributed by atoms with Gasteiger partial charge in [-0.2, -0.15) is 0 Å². The van der Waals surface area contributed by atoms with E-state index in [1.807, 2.05) is 12.1 Å². The highest BCUT2D eigenvalue weighted by Gasteiger charge is 2.22. The summed E-state index contributed by atoms with van der Waals surface area (Å²) in [5.41, 5.74) is 1.94. The minimum absolute atomic E-state index is 0.101. The first-order chi connectivity index (χ1) is 7.72. The summed E-state index contributed by atoms with van der Waals surface area (Å²) in [6, 6.07) is 5.45. The Morgan fingerprint density at radius 1 is 1.50 bits per heavy atom. The van der Waals surface area contributed by atoms with E-state index < -0.39 is 0 Å². The molecular formula is C13H16O3. The van der Waals surface area contributed by atoms with E-state index in [2.05, 4.69) is 6.58 Å². The monoisotopic (exact) mass is 220 g/mol. The lowest BCUT2D eigenvalue weighted by Gasteiger charge is -2.25. The largest absolute Gasteiger partial charge is 0.504 e. The number of hydrogen-bond acceptors (Lipinski definition) is 3. The Balaban J connectivity index is 2.29. The van der Waals surface area contributed by atoms with Crippen LogP contribution in [0.4, 0.5) is 0 Å². The summed E-state index contributed by atoms with van der Waals surface area (Å²) in [6.45, 7) is 4.64. The first-order valence-corrected chi connectivity index (χ1v) is 5.36. The van der Waals surface area contributed by atoms with E-state index in [1.54, 1.807) is 13.2 Å². The Morgan fingerprint density at radius 2 is 2.31 bits per heavy atom. The van der Waals surface area contributed by atoms with Gasteiger partial charge < -0.3 is 14.6 Å². The van der Waals surface area contributed by atoms with Crippen LogP contribution < -0.4 is 4.74 Å². The Hall–Kier alpha value is -1.48. The van der Waals surface area contributed by atoms with Crippen LogP contribution in [0.25, 0.3) is 0 Å². The number of para-hydroxylation sites is 1. The fourth-order valence-corrected chi connectivity index (χ4v) is 1.93. The standard InChI is InChI=1S/C13H16O3/c1-9-6-7-16-12(8-9)10-4-3-5-11(15-2)13(10)14/h3-5,12,14H,1,6-8H2,2H3. The van der Waals surface area contributed by atoms with Gasteiger partial charge in [0.2, 0.25) is 0 Å². The second-order valence-corrected chi connectivity index (χ2v) is 3.96. The molecule has 0 spiro atoms. The molecule has 1 aliphatic rings. The van der Waals surface area contributed by atoms with Crippen LogP contribution in [0.3, 0.4) is 0 Å². The summed E-state index contributed by atoms with van der Waals surface area (Å²) in [5, 5.41) is 9.99. The van der Waals surface area contributed by atoms with Gasteiger partial charge in [-0.25, -0.2) is 0 Å². The van der Waals surface area contributed by atoms with Crippen molar-refractivity contribution in [1.82, 2.24) is 0 Å². The molecule has 1 aromatic carbocycles. The Morgan fingerprint density at radius 3 is 3.00 bits per heavy atom. The number of ether oxygens (including phenoxy) is 2. The van der Waals surface area contributed by atoms with Gasteiger partial charge in [-0.15, -0.1) is 0 Å². The lowest BCUT2D eigenvalue weighted by molar-refractivity contribution is 0.0335. The topological polar surface area (TPSA) is 38.7 Å². The van der Waals surface area contributed by atoms with Crippen molar-refractivity contribution < 1.29 is 14.6 Å². The number of phenolic OH excluding ortho intramolecular Hbond substituents is 1. The molecule has 0 radical (unpaired) electrons. The van der Waals surface area contributed by atoms with Crippen molar-refractivity contribution in [2.45, 2.75) is 18.9 Å². The van der Waals surface area contributed by atoms with Crippen molar-refractivity contribution in [3.63, 3.8) is 0 Å². The van der Waals surface area contributed by atoms with Gasteiger partial charge in [0.15, 0.2) is 11.5 Å². The van der Waals surface area contributed by atoms with E-state index >= 15 is 0 Å². The minimum atomic E-state index is -0.101. The van der Waals surface area contributed by atoms with Crippen molar-refractivity contribution in [2.75, 3.05) is 13.7 Å². The average molecular weight is 220 g/mol. The van der Waals surface area contributed by atoms with Gasteiger partial charge in [-0.1, -0.05) is 24.3 Å². The summed E-state index contributed by atoms with van der Waals surface area (Å²) in [5.74, 6) is 0.655. The zero-order valence-electron chi connectivity index (χ0n) is 9.40. The van der Waals surface area contributed by atoms with Crippen molar-refractivity contribution in [2.24, 2.45) is 0 Å². The average Bonchev–Trinajstić information content (AvgIpc) is 2.29. The molecule has 0 amide bonds. The lowest BCUT2D eigenvalue weighted by atomic mass is 9.97. The minimum Gasteiger partial charge on any atom is -0.504 e. The third-order valence-corrected chi connectivity index (χ3v) is 2.85.